The number of rotatable bonds is 4. The van der Waals surface area contributed by atoms with Gasteiger partial charge in [0.05, 0.1) is 11.3 Å². The van der Waals surface area contributed by atoms with Crippen LogP contribution in [-0.2, 0) is 6.42 Å². The number of amides is 3. The summed E-state index contributed by atoms with van der Waals surface area (Å²) in [4.78, 5) is 37.1. The number of hydrazine groups is 1. The van der Waals surface area contributed by atoms with Crippen molar-refractivity contribution in [3.8, 4) is 0 Å². The molecule has 0 bridgehead atoms. The Hall–Kier alpha value is -4.27. The summed E-state index contributed by atoms with van der Waals surface area (Å²) in [7, 11) is 0. The van der Waals surface area contributed by atoms with Gasteiger partial charge >= 0.3 is 5.91 Å². The zero-order valence-electron chi connectivity index (χ0n) is 17.8. The Morgan fingerprint density at radius 2 is 1.61 bits per heavy atom. The molecule has 0 saturated carbocycles. The van der Waals surface area contributed by atoms with Crippen molar-refractivity contribution < 1.29 is 23.2 Å². The third-order valence-electron chi connectivity index (χ3n) is 5.27. The molecule has 1 aromatic heterocycles. The highest BCUT2D eigenvalue weighted by atomic mass is 19.1. The standard InChI is InChI=1S/C24H21FN4O4/c1-14-20-18(26-28-23(31)16-10-5-6-11-17(16)25)12-7-13-19(20)33-21(14)24(32)29-27-22(30)15-8-3-2-4-9-15/h2-6,8-11H,7,12-13H2,1H3,(H,27,30)(H,28,31)(H,29,32)/b26-18+. The summed E-state index contributed by atoms with van der Waals surface area (Å²) in [5, 5.41) is 4.18. The van der Waals surface area contributed by atoms with E-state index in [9.17, 15) is 18.8 Å². The van der Waals surface area contributed by atoms with Gasteiger partial charge in [-0.1, -0.05) is 30.3 Å². The maximum Gasteiger partial charge on any atom is 0.305 e. The maximum absolute atomic E-state index is 13.8. The van der Waals surface area contributed by atoms with Gasteiger partial charge in [0, 0.05) is 23.1 Å². The molecule has 0 saturated heterocycles. The van der Waals surface area contributed by atoms with Gasteiger partial charge in [0.15, 0.2) is 5.76 Å². The lowest BCUT2D eigenvalue weighted by atomic mass is 9.93. The third kappa shape index (κ3) is 4.67. The van der Waals surface area contributed by atoms with Crippen molar-refractivity contribution in [1.29, 1.82) is 0 Å². The average molecular weight is 448 g/mol. The molecule has 0 fully saturated rings. The molecule has 1 aliphatic carbocycles. The van der Waals surface area contributed by atoms with Crippen LogP contribution < -0.4 is 16.3 Å². The van der Waals surface area contributed by atoms with E-state index in [1.54, 1.807) is 43.3 Å². The van der Waals surface area contributed by atoms with E-state index in [0.29, 0.717) is 47.4 Å². The van der Waals surface area contributed by atoms with Crippen LogP contribution >= 0.6 is 0 Å². The SMILES string of the molecule is Cc1c(C(=O)NNC(=O)c2ccccc2)oc2c1/C(=N/NC(=O)c1ccccc1F)CCC2. The molecule has 0 radical (unpaired) electrons. The van der Waals surface area contributed by atoms with Crippen LogP contribution in [0.1, 0.15) is 61.0 Å². The number of hydrogen-bond acceptors (Lipinski definition) is 5. The molecule has 4 rings (SSSR count). The summed E-state index contributed by atoms with van der Waals surface area (Å²) < 4.78 is 19.6. The fourth-order valence-corrected chi connectivity index (χ4v) is 3.65. The molecule has 1 heterocycles. The van der Waals surface area contributed by atoms with Gasteiger partial charge in [-0.2, -0.15) is 5.10 Å². The average Bonchev–Trinajstić information content (AvgIpc) is 3.18. The number of fused-ring (bicyclic) bond motifs is 1. The second-order valence-electron chi connectivity index (χ2n) is 7.46. The Labute approximate surface area is 188 Å². The molecule has 3 aromatic rings. The van der Waals surface area contributed by atoms with E-state index in [4.69, 9.17) is 4.42 Å². The molecule has 3 N–H and O–H groups in total. The van der Waals surface area contributed by atoms with E-state index in [1.165, 1.54) is 18.2 Å². The summed E-state index contributed by atoms with van der Waals surface area (Å²) in [6.45, 7) is 1.70. The lowest BCUT2D eigenvalue weighted by molar-refractivity contribution is 0.0829. The van der Waals surface area contributed by atoms with Gasteiger partial charge in [-0.05, 0) is 44.0 Å². The van der Waals surface area contributed by atoms with Crippen molar-refractivity contribution in [2.75, 3.05) is 0 Å². The normalized spacial score (nSPS) is 13.8. The highest BCUT2D eigenvalue weighted by molar-refractivity contribution is 6.07. The van der Waals surface area contributed by atoms with Crippen LogP contribution in [0.25, 0.3) is 0 Å². The molecule has 2 aromatic carbocycles. The Morgan fingerprint density at radius 1 is 0.909 bits per heavy atom. The fourth-order valence-electron chi connectivity index (χ4n) is 3.65. The molecule has 3 amide bonds. The van der Waals surface area contributed by atoms with Gasteiger partial charge in [0.25, 0.3) is 11.8 Å². The van der Waals surface area contributed by atoms with Crippen LogP contribution in [0, 0.1) is 12.7 Å². The largest absolute Gasteiger partial charge is 0.455 e. The Bertz CT molecular complexity index is 1250. The van der Waals surface area contributed by atoms with Gasteiger partial charge in [-0.25, -0.2) is 9.82 Å². The molecule has 9 heteroatoms. The van der Waals surface area contributed by atoms with E-state index < -0.39 is 23.5 Å². The van der Waals surface area contributed by atoms with Gasteiger partial charge in [-0.3, -0.25) is 25.2 Å². The number of carbonyl (C=O) groups is 3. The molecule has 33 heavy (non-hydrogen) atoms. The highest BCUT2D eigenvalue weighted by Crippen LogP contribution is 2.29. The van der Waals surface area contributed by atoms with Crippen LogP contribution in [0.4, 0.5) is 4.39 Å². The summed E-state index contributed by atoms with van der Waals surface area (Å²) in [6, 6.07) is 14.1. The fraction of sp³-hybridized carbons (Fsp3) is 0.167. The zero-order chi connectivity index (χ0) is 23.4. The summed E-state index contributed by atoms with van der Waals surface area (Å²) >= 11 is 0. The predicted molar refractivity (Wildman–Crippen MR) is 118 cm³/mol. The van der Waals surface area contributed by atoms with Crippen LogP contribution in [0.3, 0.4) is 0 Å². The predicted octanol–water partition coefficient (Wildman–Crippen LogP) is 3.27. The first-order valence-corrected chi connectivity index (χ1v) is 10.4. The van der Waals surface area contributed by atoms with Gasteiger partial charge in [-0.15, -0.1) is 0 Å². The minimum atomic E-state index is -0.671. The van der Waals surface area contributed by atoms with Crippen molar-refractivity contribution in [3.63, 3.8) is 0 Å². The Balaban J connectivity index is 1.49. The first-order chi connectivity index (χ1) is 16.0. The van der Waals surface area contributed by atoms with Gasteiger partial charge < -0.3 is 4.42 Å². The number of hydrogen-bond donors (Lipinski definition) is 3. The van der Waals surface area contributed by atoms with E-state index in [2.05, 4.69) is 21.4 Å². The number of benzene rings is 2. The molecular formula is C24H21FN4O4. The Morgan fingerprint density at radius 3 is 2.36 bits per heavy atom. The Kier molecular flexibility index (Phi) is 6.30. The zero-order valence-corrected chi connectivity index (χ0v) is 17.8. The first kappa shape index (κ1) is 21.9. The molecule has 0 atom stereocenters. The second-order valence-corrected chi connectivity index (χ2v) is 7.46. The van der Waals surface area contributed by atoms with Crippen LogP contribution in [0.2, 0.25) is 0 Å². The lowest BCUT2D eigenvalue weighted by Crippen LogP contribution is -2.41. The number of hydrazone groups is 1. The number of halogens is 1. The van der Waals surface area contributed by atoms with Crippen molar-refractivity contribution in [2.24, 2.45) is 5.10 Å². The summed E-state index contributed by atoms with van der Waals surface area (Å²) in [6.07, 6.45) is 1.86. The van der Waals surface area contributed by atoms with Crippen molar-refractivity contribution in [2.45, 2.75) is 26.2 Å². The minimum absolute atomic E-state index is 0.0448. The third-order valence-corrected chi connectivity index (χ3v) is 5.27. The van der Waals surface area contributed by atoms with Crippen LogP contribution in [0.5, 0.6) is 0 Å². The molecule has 1 aliphatic rings. The molecule has 168 valence electrons. The summed E-state index contributed by atoms with van der Waals surface area (Å²) in [5.41, 5.74) is 9.09. The van der Waals surface area contributed by atoms with E-state index in [0.717, 1.165) is 0 Å². The van der Waals surface area contributed by atoms with E-state index >= 15 is 0 Å². The second kappa shape index (κ2) is 9.47. The molecule has 8 nitrogen and oxygen atoms in total. The molecule has 0 unspecified atom stereocenters. The van der Waals surface area contributed by atoms with Crippen molar-refractivity contribution in [1.82, 2.24) is 16.3 Å². The number of aryl methyl sites for hydroxylation is 1. The van der Waals surface area contributed by atoms with Crippen LogP contribution in [0.15, 0.2) is 64.1 Å². The number of carbonyl (C=O) groups excluding carboxylic acids is 3. The lowest BCUT2D eigenvalue weighted by Gasteiger charge is -2.13. The first-order valence-electron chi connectivity index (χ1n) is 10.4. The van der Waals surface area contributed by atoms with Crippen molar-refractivity contribution >= 4 is 23.4 Å². The van der Waals surface area contributed by atoms with Crippen molar-refractivity contribution in [3.05, 3.63) is 94.2 Å². The van der Waals surface area contributed by atoms with Gasteiger partial charge in [0.1, 0.15) is 11.6 Å². The van der Waals surface area contributed by atoms with Gasteiger partial charge in [0.2, 0.25) is 0 Å². The smallest absolute Gasteiger partial charge is 0.305 e. The van der Waals surface area contributed by atoms with E-state index in [1.807, 2.05) is 0 Å². The topological polar surface area (TPSA) is 113 Å². The van der Waals surface area contributed by atoms with Crippen LogP contribution in [-0.4, -0.2) is 23.4 Å². The number of furan rings is 1. The number of nitrogens with one attached hydrogen (secondary N) is 3. The minimum Gasteiger partial charge on any atom is -0.455 e. The quantitative estimate of drug-likeness (QED) is 0.532. The van der Waals surface area contributed by atoms with E-state index in [-0.39, 0.29) is 11.3 Å². The maximum atomic E-state index is 13.8. The number of nitrogens with zero attached hydrogens (tertiary/aromatic N) is 1. The molecule has 0 aliphatic heterocycles. The molecular weight excluding hydrogens is 427 g/mol. The monoisotopic (exact) mass is 448 g/mol. The summed E-state index contributed by atoms with van der Waals surface area (Å²) in [5.74, 6) is -1.77. The molecule has 0 spiro atoms. The highest BCUT2D eigenvalue weighted by Gasteiger charge is 2.28.